The fourth-order valence-corrected chi connectivity index (χ4v) is 3.33. The molecule has 4 nitrogen and oxygen atoms in total. The Morgan fingerprint density at radius 1 is 1.30 bits per heavy atom. The van der Waals surface area contributed by atoms with Gasteiger partial charge < -0.3 is 15.2 Å². The number of halogens is 2. The van der Waals surface area contributed by atoms with E-state index in [1.54, 1.807) is 7.05 Å². The molecule has 1 aromatic heterocycles. The van der Waals surface area contributed by atoms with Crippen LogP contribution in [0.4, 0.5) is 0 Å². The van der Waals surface area contributed by atoms with Crippen molar-refractivity contribution in [2.45, 2.75) is 18.9 Å². The monoisotopic (exact) mass is 350 g/mol. The fourth-order valence-electron chi connectivity index (χ4n) is 2.92. The molecular weight excluding hydrogens is 331 g/mol. The minimum Gasteiger partial charge on any atom is -0.356 e. The Balaban J connectivity index is 1.52. The van der Waals surface area contributed by atoms with E-state index in [1.807, 2.05) is 17.7 Å². The summed E-state index contributed by atoms with van der Waals surface area (Å²) < 4.78 is 1.87. The molecule has 1 aromatic carbocycles. The normalized spacial score (nSPS) is 16.7. The molecule has 0 saturated heterocycles. The van der Waals surface area contributed by atoms with Crippen LogP contribution in [0.1, 0.15) is 22.7 Å². The Bertz CT molecular complexity index is 736. The summed E-state index contributed by atoms with van der Waals surface area (Å²) in [5.41, 5.74) is 3.91. The maximum absolute atomic E-state index is 6.08. The van der Waals surface area contributed by atoms with Crippen LogP contribution in [0, 0.1) is 0 Å². The van der Waals surface area contributed by atoms with Crippen molar-refractivity contribution in [1.82, 2.24) is 15.2 Å². The molecular formula is C17H20Cl2N4. The topological polar surface area (TPSA) is 41.4 Å². The second kappa shape index (κ2) is 6.85. The highest BCUT2D eigenvalue weighted by Crippen LogP contribution is 2.33. The molecule has 2 N–H and O–H groups in total. The second-order valence-corrected chi connectivity index (χ2v) is 6.51. The SMILES string of the molecule is CN=C(NCc1cc(Cl)c(Cl)n1C)NCC1Cc2ccccc21. The number of nitrogens with one attached hydrogen (secondary N) is 2. The number of rotatable bonds is 4. The quantitative estimate of drug-likeness (QED) is 0.655. The number of guanidine groups is 1. The van der Waals surface area contributed by atoms with Gasteiger partial charge >= 0.3 is 0 Å². The molecule has 0 spiro atoms. The number of benzene rings is 1. The molecule has 6 heteroatoms. The molecule has 23 heavy (non-hydrogen) atoms. The van der Waals surface area contributed by atoms with Crippen molar-refractivity contribution in [3.63, 3.8) is 0 Å². The predicted molar refractivity (Wildman–Crippen MR) is 96.5 cm³/mol. The van der Waals surface area contributed by atoms with Crippen LogP contribution < -0.4 is 10.6 Å². The molecule has 1 unspecified atom stereocenters. The molecule has 1 atom stereocenters. The van der Waals surface area contributed by atoms with Gasteiger partial charge in [0.25, 0.3) is 0 Å². The van der Waals surface area contributed by atoms with Gasteiger partial charge in [0.05, 0.1) is 11.6 Å². The first-order valence-electron chi connectivity index (χ1n) is 7.62. The summed E-state index contributed by atoms with van der Waals surface area (Å²) in [4.78, 5) is 4.27. The summed E-state index contributed by atoms with van der Waals surface area (Å²) in [6, 6.07) is 10.5. The average molecular weight is 351 g/mol. The minimum absolute atomic E-state index is 0.553. The van der Waals surface area contributed by atoms with Crippen LogP contribution in [0.5, 0.6) is 0 Å². The minimum atomic E-state index is 0.553. The van der Waals surface area contributed by atoms with Crippen LogP contribution in [0.15, 0.2) is 35.3 Å². The van der Waals surface area contributed by atoms with Crippen LogP contribution in [0.3, 0.4) is 0 Å². The number of fused-ring (bicyclic) bond motifs is 1. The van der Waals surface area contributed by atoms with Crippen LogP contribution in [0.2, 0.25) is 10.2 Å². The highest BCUT2D eigenvalue weighted by atomic mass is 35.5. The van der Waals surface area contributed by atoms with Crippen molar-refractivity contribution >= 4 is 29.2 Å². The Morgan fingerprint density at radius 3 is 2.74 bits per heavy atom. The standard InChI is InChI=1S/C17H20Cl2N4/c1-20-17(22-10-13-8-15(18)16(19)23(13)2)21-9-12-7-11-5-3-4-6-14(11)12/h3-6,8,12H,7,9-10H2,1-2H3,(H2,20,21,22). The van der Waals surface area contributed by atoms with Crippen LogP contribution in [-0.2, 0) is 20.0 Å². The molecule has 0 radical (unpaired) electrons. The Labute approximate surface area is 146 Å². The second-order valence-electron chi connectivity index (χ2n) is 5.74. The maximum Gasteiger partial charge on any atom is 0.191 e. The molecule has 122 valence electrons. The lowest BCUT2D eigenvalue weighted by Crippen LogP contribution is -2.41. The van der Waals surface area contributed by atoms with Crippen LogP contribution >= 0.6 is 23.2 Å². The van der Waals surface area contributed by atoms with Crippen molar-refractivity contribution < 1.29 is 0 Å². The van der Waals surface area contributed by atoms with Crippen LogP contribution in [-0.4, -0.2) is 24.1 Å². The van der Waals surface area contributed by atoms with Gasteiger partial charge in [0.2, 0.25) is 0 Å². The highest BCUT2D eigenvalue weighted by Gasteiger charge is 2.25. The fraction of sp³-hybridized carbons (Fsp3) is 0.353. The van der Waals surface area contributed by atoms with E-state index in [-0.39, 0.29) is 0 Å². The van der Waals surface area contributed by atoms with Crippen molar-refractivity contribution in [3.8, 4) is 0 Å². The van der Waals surface area contributed by atoms with E-state index in [1.165, 1.54) is 11.1 Å². The van der Waals surface area contributed by atoms with Gasteiger partial charge in [-0.25, -0.2) is 0 Å². The van der Waals surface area contributed by atoms with E-state index in [4.69, 9.17) is 23.2 Å². The van der Waals surface area contributed by atoms with Crippen molar-refractivity contribution in [1.29, 1.82) is 0 Å². The van der Waals surface area contributed by atoms with E-state index in [9.17, 15) is 0 Å². The lowest BCUT2D eigenvalue weighted by molar-refractivity contribution is 0.583. The van der Waals surface area contributed by atoms with E-state index in [0.717, 1.165) is 24.6 Å². The Hall–Kier alpha value is -1.65. The zero-order valence-electron chi connectivity index (χ0n) is 13.2. The first kappa shape index (κ1) is 16.2. The summed E-state index contributed by atoms with van der Waals surface area (Å²) in [6.45, 7) is 1.50. The van der Waals surface area contributed by atoms with E-state index >= 15 is 0 Å². The van der Waals surface area contributed by atoms with Gasteiger partial charge in [0.15, 0.2) is 5.96 Å². The Kier molecular flexibility index (Phi) is 4.83. The summed E-state index contributed by atoms with van der Waals surface area (Å²) >= 11 is 12.1. The average Bonchev–Trinajstić information content (AvgIpc) is 2.78. The molecule has 0 amide bonds. The molecule has 1 aliphatic carbocycles. The zero-order valence-corrected chi connectivity index (χ0v) is 14.7. The molecule has 3 rings (SSSR count). The first-order chi connectivity index (χ1) is 11.1. The third kappa shape index (κ3) is 3.33. The lowest BCUT2D eigenvalue weighted by atomic mass is 9.78. The van der Waals surface area contributed by atoms with Gasteiger partial charge in [-0.1, -0.05) is 47.5 Å². The molecule has 0 saturated carbocycles. The number of aliphatic imine (C=N–C) groups is 1. The molecule has 1 aliphatic rings. The lowest BCUT2D eigenvalue weighted by Gasteiger charge is -2.30. The summed E-state index contributed by atoms with van der Waals surface area (Å²) in [6.07, 6.45) is 1.13. The number of aromatic nitrogens is 1. The van der Waals surface area contributed by atoms with E-state index in [0.29, 0.717) is 22.6 Å². The van der Waals surface area contributed by atoms with Crippen molar-refractivity contribution in [2.75, 3.05) is 13.6 Å². The third-order valence-corrected chi connectivity index (χ3v) is 5.20. The molecule has 1 heterocycles. The molecule has 0 fully saturated rings. The van der Waals surface area contributed by atoms with Gasteiger partial charge in [-0.05, 0) is 23.6 Å². The van der Waals surface area contributed by atoms with Gasteiger partial charge in [-0.3, -0.25) is 4.99 Å². The zero-order chi connectivity index (χ0) is 16.4. The van der Waals surface area contributed by atoms with Crippen LogP contribution in [0.25, 0.3) is 0 Å². The van der Waals surface area contributed by atoms with Gasteiger partial charge in [-0.15, -0.1) is 0 Å². The Morgan fingerprint density at radius 2 is 2.09 bits per heavy atom. The van der Waals surface area contributed by atoms with Crippen molar-refractivity contribution in [2.24, 2.45) is 12.0 Å². The van der Waals surface area contributed by atoms with E-state index in [2.05, 4.69) is 39.9 Å². The number of hydrogen-bond donors (Lipinski definition) is 2. The van der Waals surface area contributed by atoms with Gasteiger partial charge in [0.1, 0.15) is 5.15 Å². The smallest absolute Gasteiger partial charge is 0.191 e. The number of hydrogen-bond acceptors (Lipinski definition) is 1. The molecule has 0 bridgehead atoms. The summed E-state index contributed by atoms with van der Waals surface area (Å²) in [5.74, 6) is 1.34. The summed E-state index contributed by atoms with van der Waals surface area (Å²) in [7, 11) is 3.67. The van der Waals surface area contributed by atoms with Gasteiger partial charge in [0, 0.05) is 32.3 Å². The number of nitrogens with zero attached hydrogens (tertiary/aromatic N) is 2. The van der Waals surface area contributed by atoms with Crippen molar-refractivity contribution in [3.05, 3.63) is 57.3 Å². The molecule has 0 aliphatic heterocycles. The largest absolute Gasteiger partial charge is 0.356 e. The third-order valence-electron chi connectivity index (χ3n) is 4.35. The van der Waals surface area contributed by atoms with E-state index < -0.39 is 0 Å². The highest BCUT2D eigenvalue weighted by molar-refractivity contribution is 6.41. The first-order valence-corrected chi connectivity index (χ1v) is 8.37. The maximum atomic E-state index is 6.08. The predicted octanol–water partition coefficient (Wildman–Crippen LogP) is 3.34. The summed E-state index contributed by atoms with van der Waals surface area (Å²) in [5, 5.41) is 7.81. The van der Waals surface area contributed by atoms with Gasteiger partial charge in [-0.2, -0.15) is 0 Å². The molecule has 2 aromatic rings.